The van der Waals surface area contributed by atoms with Crippen LogP contribution in [0.1, 0.15) is 9.88 Å². The third-order valence-electron chi connectivity index (χ3n) is 2.28. The summed E-state index contributed by atoms with van der Waals surface area (Å²) in [6, 6.07) is 4.58. The lowest BCUT2D eigenvalue weighted by Gasteiger charge is -2.04. The van der Waals surface area contributed by atoms with Crippen molar-refractivity contribution in [3.63, 3.8) is 0 Å². The first kappa shape index (κ1) is 12.8. The summed E-state index contributed by atoms with van der Waals surface area (Å²) in [5, 5.41) is 14.9. The number of anilines is 1. The minimum absolute atomic E-state index is 0.0872. The second-order valence-electron chi connectivity index (χ2n) is 3.62. The molecule has 0 aliphatic carbocycles. The molecule has 0 unspecified atom stereocenters. The molecule has 0 bridgehead atoms. The second-order valence-corrected chi connectivity index (χ2v) is 5.35. The summed E-state index contributed by atoms with van der Waals surface area (Å²) in [6.45, 7) is 2.57. The molecule has 0 fully saturated rings. The maximum absolute atomic E-state index is 10.6. The monoisotopic (exact) mass is 283 g/mol. The molecule has 0 radical (unpaired) electrons. The standard InChI is InChI=1S/C11H10ClN3O2S/c1-7-13-5-9(18-7)6-14-8-2-3-11(15(16)17)10(12)4-8/h2-5,14H,6H2,1H3. The van der Waals surface area contributed by atoms with Gasteiger partial charge in [-0.1, -0.05) is 11.6 Å². The van der Waals surface area contributed by atoms with Crippen LogP contribution in [0.4, 0.5) is 11.4 Å². The highest BCUT2D eigenvalue weighted by Gasteiger charge is 2.11. The van der Waals surface area contributed by atoms with Gasteiger partial charge in [0, 0.05) is 22.8 Å². The first-order valence-electron chi connectivity index (χ1n) is 5.15. The lowest BCUT2D eigenvalue weighted by molar-refractivity contribution is -0.384. The van der Waals surface area contributed by atoms with Gasteiger partial charge in [-0.25, -0.2) is 4.98 Å². The van der Waals surface area contributed by atoms with Gasteiger partial charge in [-0.3, -0.25) is 10.1 Å². The predicted octanol–water partition coefficient (Wildman–Crippen LogP) is 3.63. The number of thiazole rings is 1. The number of aromatic nitrogens is 1. The number of benzene rings is 1. The minimum atomic E-state index is -0.501. The molecular weight excluding hydrogens is 274 g/mol. The highest BCUT2D eigenvalue weighted by atomic mass is 35.5. The van der Waals surface area contributed by atoms with Gasteiger partial charge in [-0.05, 0) is 19.1 Å². The number of nitrogens with one attached hydrogen (secondary N) is 1. The van der Waals surface area contributed by atoms with Crippen LogP contribution in [0.2, 0.25) is 5.02 Å². The molecule has 2 aromatic rings. The molecule has 94 valence electrons. The van der Waals surface area contributed by atoms with Crippen LogP contribution in [0.3, 0.4) is 0 Å². The zero-order valence-electron chi connectivity index (χ0n) is 9.51. The molecule has 0 atom stereocenters. The molecule has 2 rings (SSSR count). The Morgan fingerprint density at radius 3 is 2.89 bits per heavy atom. The number of nitro groups is 1. The van der Waals surface area contributed by atoms with Crippen LogP contribution in [-0.2, 0) is 6.54 Å². The normalized spacial score (nSPS) is 10.3. The molecule has 18 heavy (non-hydrogen) atoms. The zero-order valence-corrected chi connectivity index (χ0v) is 11.1. The summed E-state index contributed by atoms with van der Waals surface area (Å²) in [6.07, 6.45) is 1.81. The first-order valence-corrected chi connectivity index (χ1v) is 6.35. The van der Waals surface area contributed by atoms with E-state index in [1.165, 1.54) is 6.07 Å². The molecule has 1 N–H and O–H groups in total. The average molecular weight is 284 g/mol. The SMILES string of the molecule is Cc1ncc(CNc2ccc([N+](=O)[O-])c(Cl)c2)s1. The smallest absolute Gasteiger partial charge is 0.288 e. The van der Waals surface area contributed by atoms with Gasteiger partial charge in [0.05, 0.1) is 16.5 Å². The lowest BCUT2D eigenvalue weighted by Crippen LogP contribution is -1.98. The Labute approximate surface area is 113 Å². The van der Waals surface area contributed by atoms with Crippen LogP contribution >= 0.6 is 22.9 Å². The molecule has 0 saturated carbocycles. The van der Waals surface area contributed by atoms with Crippen molar-refractivity contribution in [1.29, 1.82) is 0 Å². The van der Waals surface area contributed by atoms with Crippen LogP contribution < -0.4 is 5.32 Å². The van der Waals surface area contributed by atoms with Crippen molar-refractivity contribution >= 4 is 34.3 Å². The van der Waals surface area contributed by atoms with Gasteiger partial charge in [0.2, 0.25) is 0 Å². The van der Waals surface area contributed by atoms with Crippen molar-refractivity contribution in [1.82, 2.24) is 4.98 Å². The van der Waals surface area contributed by atoms with Crippen LogP contribution in [0.25, 0.3) is 0 Å². The maximum atomic E-state index is 10.6. The fraction of sp³-hybridized carbons (Fsp3) is 0.182. The van der Waals surface area contributed by atoms with Gasteiger partial charge in [-0.15, -0.1) is 11.3 Å². The van der Waals surface area contributed by atoms with Gasteiger partial charge in [-0.2, -0.15) is 0 Å². The number of nitro benzene ring substituents is 1. The van der Waals surface area contributed by atoms with Gasteiger partial charge < -0.3 is 5.32 Å². The van der Waals surface area contributed by atoms with E-state index in [1.54, 1.807) is 29.7 Å². The van der Waals surface area contributed by atoms with E-state index in [-0.39, 0.29) is 10.7 Å². The fourth-order valence-electron chi connectivity index (χ4n) is 1.44. The summed E-state index contributed by atoms with van der Waals surface area (Å²) in [5.41, 5.74) is 0.660. The maximum Gasteiger partial charge on any atom is 0.288 e. The van der Waals surface area contributed by atoms with Crippen LogP contribution in [-0.4, -0.2) is 9.91 Å². The molecule has 1 aromatic carbocycles. The Morgan fingerprint density at radius 1 is 1.56 bits per heavy atom. The molecule has 5 nitrogen and oxygen atoms in total. The van der Waals surface area contributed by atoms with E-state index in [4.69, 9.17) is 11.6 Å². The van der Waals surface area contributed by atoms with Crippen molar-refractivity contribution < 1.29 is 4.92 Å². The van der Waals surface area contributed by atoms with Crippen molar-refractivity contribution in [2.24, 2.45) is 0 Å². The van der Waals surface area contributed by atoms with Gasteiger partial charge in [0.1, 0.15) is 5.02 Å². The van der Waals surface area contributed by atoms with Gasteiger partial charge >= 0.3 is 0 Å². The van der Waals surface area contributed by atoms with Crippen molar-refractivity contribution in [2.45, 2.75) is 13.5 Å². The van der Waals surface area contributed by atoms with E-state index in [0.717, 1.165) is 15.6 Å². The van der Waals surface area contributed by atoms with E-state index >= 15 is 0 Å². The number of hydrogen-bond acceptors (Lipinski definition) is 5. The number of rotatable bonds is 4. The number of nitrogens with zero attached hydrogens (tertiary/aromatic N) is 2. The lowest BCUT2D eigenvalue weighted by atomic mass is 10.3. The Kier molecular flexibility index (Phi) is 3.78. The molecule has 0 saturated heterocycles. The molecule has 1 heterocycles. The zero-order chi connectivity index (χ0) is 13.1. The highest BCUT2D eigenvalue weighted by Crippen LogP contribution is 2.27. The molecule has 1 aromatic heterocycles. The summed E-state index contributed by atoms with van der Waals surface area (Å²) < 4.78 is 0. The van der Waals surface area contributed by atoms with E-state index in [9.17, 15) is 10.1 Å². The van der Waals surface area contributed by atoms with E-state index in [2.05, 4.69) is 10.3 Å². The Bertz CT molecular complexity index is 585. The molecule has 7 heteroatoms. The first-order chi connectivity index (χ1) is 8.56. The summed E-state index contributed by atoms with van der Waals surface area (Å²) >= 11 is 7.42. The Hall–Kier alpha value is -1.66. The highest BCUT2D eigenvalue weighted by molar-refractivity contribution is 7.11. The number of halogens is 1. The van der Waals surface area contributed by atoms with Crippen LogP contribution in [0.15, 0.2) is 24.4 Å². The third-order valence-corrected chi connectivity index (χ3v) is 3.50. The van der Waals surface area contributed by atoms with Crippen molar-refractivity contribution in [3.8, 4) is 0 Å². The Balaban J connectivity index is 2.06. The quantitative estimate of drug-likeness (QED) is 0.687. The van der Waals surface area contributed by atoms with E-state index in [1.807, 2.05) is 6.92 Å². The summed E-state index contributed by atoms with van der Waals surface area (Å²) in [4.78, 5) is 15.4. The number of aryl methyl sites for hydroxylation is 1. The largest absolute Gasteiger partial charge is 0.380 e. The molecule has 0 amide bonds. The van der Waals surface area contributed by atoms with Gasteiger partial charge in [0.25, 0.3) is 5.69 Å². The molecule has 0 spiro atoms. The number of hydrogen-bond donors (Lipinski definition) is 1. The molecular formula is C11H10ClN3O2S. The van der Waals surface area contributed by atoms with E-state index in [0.29, 0.717) is 6.54 Å². The molecule has 0 aliphatic rings. The topological polar surface area (TPSA) is 68.1 Å². The van der Waals surface area contributed by atoms with E-state index < -0.39 is 4.92 Å². The Morgan fingerprint density at radius 2 is 2.33 bits per heavy atom. The minimum Gasteiger partial charge on any atom is -0.380 e. The van der Waals surface area contributed by atoms with Crippen LogP contribution in [0, 0.1) is 17.0 Å². The van der Waals surface area contributed by atoms with Crippen LogP contribution in [0.5, 0.6) is 0 Å². The summed E-state index contributed by atoms with van der Waals surface area (Å²) in [5.74, 6) is 0. The summed E-state index contributed by atoms with van der Waals surface area (Å²) in [7, 11) is 0. The third kappa shape index (κ3) is 2.96. The van der Waals surface area contributed by atoms with Crippen molar-refractivity contribution in [2.75, 3.05) is 5.32 Å². The van der Waals surface area contributed by atoms with Gasteiger partial charge in [0.15, 0.2) is 0 Å². The average Bonchev–Trinajstić information content (AvgIpc) is 2.72. The molecule has 0 aliphatic heterocycles. The second kappa shape index (κ2) is 5.32. The fourth-order valence-corrected chi connectivity index (χ4v) is 2.43. The predicted molar refractivity (Wildman–Crippen MR) is 72.3 cm³/mol. The van der Waals surface area contributed by atoms with Crippen molar-refractivity contribution in [3.05, 3.63) is 49.4 Å².